The van der Waals surface area contributed by atoms with Gasteiger partial charge in [-0.15, -0.1) is 11.3 Å². The highest BCUT2D eigenvalue weighted by atomic mass is 79.9. The molecule has 0 atom stereocenters. The molecular formula is C15H17BrN4S. The lowest BCUT2D eigenvalue weighted by atomic mass is 9.92. The summed E-state index contributed by atoms with van der Waals surface area (Å²) < 4.78 is 3.02. The van der Waals surface area contributed by atoms with E-state index in [-0.39, 0.29) is 5.41 Å². The molecule has 0 radical (unpaired) electrons. The zero-order valence-corrected chi connectivity index (χ0v) is 14.6. The van der Waals surface area contributed by atoms with Gasteiger partial charge in [0.25, 0.3) is 0 Å². The number of nitrogens with one attached hydrogen (secondary N) is 1. The molecule has 6 heteroatoms. The largest absolute Gasteiger partial charge is 0.363 e. The van der Waals surface area contributed by atoms with Crippen molar-refractivity contribution in [2.24, 2.45) is 0 Å². The second-order valence-electron chi connectivity index (χ2n) is 5.93. The molecule has 0 aliphatic heterocycles. The molecular weight excluding hydrogens is 348 g/mol. The van der Waals surface area contributed by atoms with Gasteiger partial charge in [0.1, 0.15) is 5.52 Å². The first kappa shape index (κ1) is 14.5. The minimum Gasteiger partial charge on any atom is -0.363 e. The Morgan fingerprint density at radius 1 is 1.38 bits per heavy atom. The third kappa shape index (κ3) is 2.96. The van der Waals surface area contributed by atoms with E-state index in [2.05, 4.69) is 69.6 Å². The zero-order valence-electron chi connectivity index (χ0n) is 12.2. The number of aromatic nitrogens is 3. The van der Waals surface area contributed by atoms with Crippen LogP contribution in [0.3, 0.4) is 0 Å². The molecule has 3 aromatic rings. The number of hydrogen-bond acceptors (Lipinski definition) is 4. The Balaban J connectivity index is 1.92. The fraction of sp³-hybridized carbons (Fsp3) is 0.333. The standard InChI is InChI=1S/C15H17BrN4S/c1-15(2,3)13-8-11-14(17-5-6-20(11)19-13)18-9-12-10(16)4-7-21-12/h4-8H,9H2,1-3H3,(H,17,18). The van der Waals surface area contributed by atoms with Gasteiger partial charge >= 0.3 is 0 Å². The van der Waals surface area contributed by atoms with Crippen LogP contribution in [-0.4, -0.2) is 14.6 Å². The maximum absolute atomic E-state index is 4.64. The van der Waals surface area contributed by atoms with E-state index in [1.165, 1.54) is 4.88 Å². The van der Waals surface area contributed by atoms with Crippen molar-refractivity contribution in [3.8, 4) is 0 Å². The van der Waals surface area contributed by atoms with Gasteiger partial charge in [-0.25, -0.2) is 9.50 Å². The molecule has 110 valence electrons. The number of anilines is 1. The predicted molar refractivity (Wildman–Crippen MR) is 91.0 cm³/mol. The van der Waals surface area contributed by atoms with Gasteiger partial charge < -0.3 is 5.32 Å². The van der Waals surface area contributed by atoms with Crippen LogP contribution in [0.2, 0.25) is 0 Å². The van der Waals surface area contributed by atoms with Crippen LogP contribution in [0.4, 0.5) is 5.82 Å². The van der Waals surface area contributed by atoms with Crippen molar-refractivity contribution in [3.05, 3.63) is 45.0 Å². The van der Waals surface area contributed by atoms with Gasteiger partial charge in [-0.1, -0.05) is 20.8 Å². The normalized spacial score (nSPS) is 12.0. The van der Waals surface area contributed by atoms with Crippen LogP contribution < -0.4 is 5.32 Å². The number of rotatable bonds is 3. The maximum Gasteiger partial charge on any atom is 0.152 e. The van der Waals surface area contributed by atoms with Gasteiger partial charge in [0.15, 0.2) is 5.82 Å². The van der Waals surface area contributed by atoms with Crippen LogP contribution in [-0.2, 0) is 12.0 Å². The molecule has 3 aromatic heterocycles. The Bertz CT molecular complexity index is 769. The first-order valence-electron chi connectivity index (χ1n) is 6.76. The lowest BCUT2D eigenvalue weighted by Gasteiger charge is -2.13. The van der Waals surface area contributed by atoms with Gasteiger partial charge in [-0.2, -0.15) is 5.10 Å². The summed E-state index contributed by atoms with van der Waals surface area (Å²) in [5, 5.41) is 10.1. The summed E-state index contributed by atoms with van der Waals surface area (Å²) in [4.78, 5) is 5.71. The third-order valence-electron chi connectivity index (χ3n) is 3.27. The third-order valence-corrected chi connectivity index (χ3v) is 5.19. The van der Waals surface area contributed by atoms with Crippen LogP contribution in [0, 0.1) is 0 Å². The van der Waals surface area contributed by atoms with Gasteiger partial charge in [-0.3, -0.25) is 0 Å². The Hall–Kier alpha value is -1.40. The minimum atomic E-state index is 0.0278. The fourth-order valence-electron chi connectivity index (χ4n) is 2.04. The SMILES string of the molecule is CC(C)(C)c1cc2c(NCc3sccc3Br)nccn2n1. The number of nitrogens with zero attached hydrogens (tertiary/aromatic N) is 3. The molecule has 0 aliphatic rings. The average molecular weight is 365 g/mol. The molecule has 0 aromatic carbocycles. The van der Waals surface area contributed by atoms with E-state index in [1.54, 1.807) is 17.5 Å². The summed E-state index contributed by atoms with van der Waals surface area (Å²) in [7, 11) is 0. The van der Waals surface area contributed by atoms with Gasteiger partial charge in [0.2, 0.25) is 0 Å². The molecule has 4 nitrogen and oxygen atoms in total. The number of fused-ring (bicyclic) bond motifs is 1. The summed E-state index contributed by atoms with van der Waals surface area (Å²) >= 11 is 5.28. The molecule has 0 unspecified atom stereocenters. The lowest BCUT2D eigenvalue weighted by molar-refractivity contribution is 0.562. The quantitative estimate of drug-likeness (QED) is 0.745. The molecule has 0 bridgehead atoms. The van der Waals surface area contributed by atoms with Gasteiger partial charge in [0.05, 0.1) is 12.2 Å². The van der Waals surface area contributed by atoms with Crippen LogP contribution in [0.5, 0.6) is 0 Å². The van der Waals surface area contributed by atoms with Crippen LogP contribution >= 0.6 is 27.3 Å². The molecule has 0 saturated heterocycles. The number of thiophene rings is 1. The highest BCUT2D eigenvalue weighted by molar-refractivity contribution is 9.10. The molecule has 0 saturated carbocycles. The fourth-order valence-corrected chi connectivity index (χ4v) is 3.47. The van der Waals surface area contributed by atoms with Crippen LogP contribution in [0.1, 0.15) is 31.3 Å². The van der Waals surface area contributed by atoms with Crippen molar-refractivity contribution in [2.45, 2.75) is 32.7 Å². The van der Waals surface area contributed by atoms with Crippen molar-refractivity contribution in [2.75, 3.05) is 5.32 Å². The van der Waals surface area contributed by atoms with Gasteiger partial charge in [0, 0.05) is 27.2 Å². The average Bonchev–Trinajstić information content (AvgIpc) is 3.02. The molecule has 0 fully saturated rings. The Morgan fingerprint density at radius 3 is 2.86 bits per heavy atom. The number of halogens is 1. The molecule has 0 aliphatic carbocycles. The van der Waals surface area contributed by atoms with Crippen molar-refractivity contribution >= 4 is 38.6 Å². The molecule has 3 heterocycles. The van der Waals surface area contributed by atoms with E-state index in [1.807, 2.05) is 10.7 Å². The molecule has 21 heavy (non-hydrogen) atoms. The molecule has 1 N–H and O–H groups in total. The highest BCUT2D eigenvalue weighted by Gasteiger charge is 2.19. The second kappa shape index (κ2) is 5.42. The van der Waals surface area contributed by atoms with E-state index >= 15 is 0 Å². The van der Waals surface area contributed by atoms with Crippen molar-refractivity contribution < 1.29 is 0 Å². The Kier molecular flexibility index (Phi) is 3.75. The predicted octanol–water partition coefficient (Wildman–Crippen LogP) is 4.46. The van der Waals surface area contributed by atoms with E-state index in [0.717, 1.165) is 28.0 Å². The molecule has 3 rings (SSSR count). The Morgan fingerprint density at radius 2 is 2.19 bits per heavy atom. The van der Waals surface area contributed by atoms with Crippen LogP contribution in [0.25, 0.3) is 5.52 Å². The molecule has 0 spiro atoms. The maximum atomic E-state index is 4.64. The topological polar surface area (TPSA) is 42.2 Å². The zero-order chi connectivity index (χ0) is 15.0. The first-order valence-corrected chi connectivity index (χ1v) is 8.43. The monoisotopic (exact) mass is 364 g/mol. The van der Waals surface area contributed by atoms with Crippen molar-refractivity contribution in [1.82, 2.24) is 14.6 Å². The van der Waals surface area contributed by atoms with Crippen molar-refractivity contribution in [3.63, 3.8) is 0 Å². The van der Waals surface area contributed by atoms with Gasteiger partial charge in [-0.05, 0) is 33.4 Å². The summed E-state index contributed by atoms with van der Waals surface area (Å²) in [6, 6.07) is 4.17. The van der Waals surface area contributed by atoms with E-state index in [0.29, 0.717) is 0 Å². The number of hydrogen-bond donors (Lipinski definition) is 1. The summed E-state index contributed by atoms with van der Waals surface area (Å²) in [5.41, 5.74) is 2.10. The summed E-state index contributed by atoms with van der Waals surface area (Å²) in [6.45, 7) is 7.25. The lowest BCUT2D eigenvalue weighted by Crippen LogP contribution is -2.11. The smallest absolute Gasteiger partial charge is 0.152 e. The van der Waals surface area contributed by atoms with E-state index in [4.69, 9.17) is 0 Å². The van der Waals surface area contributed by atoms with Crippen molar-refractivity contribution in [1.29, 1.82) is 0 Å². The second-order valence-corrected chi connectivity index (χ2v) is 7.79. The first-order chi connectivity index (χ1) is 9.95. The Labute approximate surface area is 136 Å². The van der Waals surface area contributed by atoms with E-state index < -0.39 is 0 Å². The van der Waals surface area contributed by atoms with E-state index in [9.17, 15) is 0 Å². The van der Waals surface area contributed by atoms with Crippen LogP contribution in [0.15, 0.2) is 34.4 Å². The highest BCUT2D eigenvalue weighted by Crippen LogP contribution is 2.26. The minimum absolute atomic E-state index is 0.0278. The summed E-state index contributed by atoms with van der Waals surface area (Å²) in [6.07, 6.45) is 3.66. The molecule has 0 amide bonds. The summed E-state index contributed by atoms with van der Waals surface area (Å²) in [5.74, 6) is 0.862.